The molecular formula is C9H18BrNO3S. The van der Waals surface area contributed by atoms with Crippen LogP contribution in [0.25, 0.3) is 0 Å². The van der Waals surface area contributed by atoms with Gasteiger partial charge in [0.2, 0.25) is 10.0 Å². The zero-order valence-corrected chi connectivity index (χ0v) is 11.4. The fourth-order valence-corrected chi connectivity index (χ4v) is 3.32. The Hall–Kier alpha value is 0.350. The molecule has 1 rings (SSSR count). The molecule has 0 radical (unpaired) electrons. The van der Waals surface area contributed by atoms with E-state index in [-0.39, 0.29) is 17.8 Å². The van der Waals surface area contributed by atoms with E-state index in [1.165, 1.54) is 7.11 Å². The highest BCUT2D eigenvalue weighted by molar-refractivity contribution is 9.09. The van der Waals surface area contributed by atoms with Crippen LogP contribution in [0.1, 0.15) is 19.3 Å². The van der Waals surface area contributed by atoms with Gasteiger partial charge in [0, 0.05) is 19.0 Å². The second-order valence-electron chi connectivity index (χ2n) is 4.07. The first-order valence-corrected chi connectivity index (χ1v) is 7.83. The fourth-order valence-electron chi connectivity index (χ4n) is 1.42. The van der Waals surface area contributed by atoms with Gasteiger partial charge in [-0.2, -0.15) is 0 Å². The van der Waals surface area contributed by atoms with Crippen LogP contribution < -0.4 is 4.72 Å². The number of nitrogens with one attached hydrogen (secondary N) is 1. The van der Waals surface area contributed by atoms with Crippen LogP contribution in [0.5, 0.6) is 0 Å². The average molecular weight is 300 g/mol. The van der Waals surface area contributed by atoms with Crippen LogP contribution in [0, 0.1) is 5.41 Å². The molecule has 1 N–H and O–H groups in total. The first-order valence-electron chi connectivity index (χ1n) is 5.06. The molecule has 0 saturated heterocycles. The van der Waals surface area contributed by atoms with Gasteiger partial charge in [-0.05, 0) is 24.7 Å². The number of ether oxygens (including phenoxy) is 1. The van der Waals surface area contributed by atoms with E-state index >= 15 is 0 Å². The molecule has 4 nitrogen and oxygen atoms in total. The Balaban J connectivity index is 2.30. The predicted octanol–water partition coefficient (Wildman–Crippen LogP) is 1.12. The molecule has 15 heavy (non-hydrogen) atoms. The minimum atomic E-state index is -3.15. The summed E-state index contributed by atoms with van der Waals surface area (Å²) in [6, 6.07) is 0. The molecule has 0 atom stereocenters. The van der Waals surface area contributed by atoms with Crippen molar-refractivity contribution in [3.63, 3.8) is 0 Å². The van der Waals surface area contributed by atoms with E-state index in [0.29, 0.717) is 6.54 Å². The van der Waals surface area contributed by atoms with Gasteiger partial charge in [-0.1, -0.05) is 15.9 Å². The Labute approximate surface area is 99.9 Å². The smallest absolute Gasteiger partial charge is 0.213 e. The van der Waals surface area contributed by atoms with Crippen LogP contribution in [0.15, 0.2) is 0 Å². The molecule has 0 aliphatic heterocycles. The van der Waals surface area contributed by atoms with Crippen molar-refractivity contribution in [3.8, 4) is 0 Å². The standard InChI is InChI=1S/C9H18BrNO3S/c1-14-6-7-15(12,13)11-8-9(2-3-9)4-5-10/h11H,2-8H2,1H3. The molecule has 1 fully saturated rings. The molecule has 0 aromatic rings. The summed E-state index contributed by atoms with van der Waals surface area (Å²) in [6.45, 7) is 0.825. The van der Waals surface area contributed by atoms with Crippen molar-refractivity contribution >= 4 is 26.0 Å². The Morgan fingerprint density at radius 3 is 2.60 bits per heavy atom. The van der Waals surface area contributed by atoms with Crippen LogP contribution in [0.4, 0.5) is 0 Å². The number of rotatable bonds is 8. The summed E-state index contributed by atoms with van der Waals surface area (Å²) in [5.74, 6) is 0.0495. The summed E-state index contributed by atoms with van der Waals surface area (Å²) >= 11 is 3.39. The van der Waals surface area contributed by atoms with Gasteiger partial charge in [-0.25, -0.2) is 13.1 Å². The van der Waals surface area contributed by atoms with Crippen molar-refractivity contribution in [1.29, 1.82) is 0 Å². The molecule has 0 aromatic carbocycles. The fraction of sp³-hybridized carbons (Fsp3) is 1.00. The highest BCUT2D eigenvalue weighted by atomic mass is 79.9. The van der Waals surface area contributed by atoms with Gasteiger partial charge in [0.25, 0.3) is 0 Å². The van der Waals surface area contributed by atoms with E-state index in [0.717, 1.165) is 24.6 Å². The Morgan fingerprint density at radius 1 is 1.47 bits per heavy atom. The van der Waals surface area contributed by atoms with Gasteiger partial charge in [0.1, 0.15) is 0 Å². The minimum absolute atomic E-state index is 0.0495. The number of alkyl halides is 1. The van der Waals surface area contributed by atoms with Crippen molar-refractivity contribution < 1.29 is 13.2 Å². The Bertz CT molecular complexity index is 288. The summed E-state index contributed by atoms with van der Waals surface area (Å²) < 4.78 is 30.3. The predicted molar refractivity (Wildman–Crippen MR) is 63.7 cm³/mol. The third-order valence-electron chi connectivity index (χ3n) is 2.81. The number of hydrogen-bond acceptors (Lipinski definition) is 3. The lowest BCUT2D eigenvalue weighted by Crippen LogP contribution is -2.33. The maximum absolute atomic E-state index is 11.5. The molecule has 0 aromatic heterocycles. The summed E-state index contributed by atoms with van der Waals surface area (Å²) in [7, 11) is -1.64. The maximum atomic E-state index is 11.5. The van der Waals surface area contributed by atoms with E-state index in [2.05, 4.69) is 20.7 Å². The molecule has 0 heterocycles. The van der Waals surface area contributed by atoms with E-state index in [9.17, 15) is 8.42 Å². The molecule has 0 unspecified atom stereocenters. The Kier molecular flexibility index (Phi) is 5.02. The SMILES string of the molecule is COCCS(=O)(=O)NCC1(CCBr)CC1. The van der Waals surface area contributed by atoms with Gasteiger partial charge in [0.05, 0.1) is 12.4 Å². The number of sulfonamides is 1. The molecule has 0 bridgehead atoms. The van der Waals surface area contributed by atoms with Gasteiger partial charge in [0.15, 0.2) is 0 Å². The van der Waals surface area contributed by atoms with Gasteiger partial charge >= 0.3 is 0 Å². The highest BCUT2D eigenvalue weighted by Gasteiger charge is 2.42. The van der Waals surface area contributed by atoms with Crippen LogP contribution in [0.3, 0.4) is 0 Å². The van der Waals surface area contributed by atoms with Crippen LogP contribution in [-0.2, 0) is 14.8 Å². The molecule has 1 aliphatic rings. The van der Waals surface area contributed by atoms with Crippen molar-refractivity contribution in [1.82, 2.24) is 4.72 Å². The first kappa shape index (κ1) is 13.4. The highest BCUT2D eigenvalue weighted by Crippen LogP contribution is 2.48. The Morgan fingerprint density at radius 2 is 2.13 bits per heavy atom. The third-order valence-corrected chi connectivity index (χ3v) is 4.49. The summed E-state index contributed by atoms with van der Waals surface area (Å²) in [5, 5.41) is 0.937. The average Bonchev–Trinajstić information content (AvgIpc) is 2.94. The molecule has 0 amide bonds. The van der Waals surface area contributed by atoms with Crippen molar-refractivity contribution in [2.75, 3.05) is 31.3 Å². The van der Waals surface area contributed by atoms with Crippen LogP contribution >= 0.6 is 15.9 Å². The van der Waals surface area contributed by atoms with Gasteiger partial charge in [-0.3, -0.25) is 0 Å². The van der Waals surface area contributed by atoms with E-state index in [4.69, 9.17) is 4.74 Å². The summed E-state index contributed by atoms with van der Waals surface area (Å²) in [4.78, 5) is 0. The van der Waals surface area contributed by atoms with Crippen molar-refractivity contribution in [3.05, 3.63) is 0 Å². The second-order valence-corrected chi connectivity index (χ2v) is 6.79. The maximum Gasteiger partial charge on any atom is 0.213 e. The second kappa shape index (κ2) is 5.61. The quantitative estimate of drug-likeness (QED) is 0.683. The molecule has 1 aliphatic carbocycles. The van der Waals surface area contributed by atoms with E-state index < -0.39 is 10.0 Å². The molecule has 6 heteroatoms. The van der Waals surface area contributed by atoms with Gasteiger partial charge < -0.3 is 4.74 Å². The molecular weight excluding hydrogens is 282 g/mol. The number of methoxy groups -OCH3 is 1. The zero-order chi connectivity index (χ0) is 11.4. The zero-order valence-electron chi connectivity index (χ0n) is 8.96. The molecule has 0 spiro atoms. The lowest BCUT2D eigenvalue weighted by molar-refractivity contribution is 0.217. The first-order chi connectivity index (χ1) is 7.04. The van der Waals surface area contributed by atoms with Gasteiger partial charge in [-0.15, -0.1) is 0 Å². The summed E-state index contributed by atoms with van der Waals surface area (Å²) in [5.41, 5.74) is 0.226. The third kappa shape index (κ3) is 4.80. The van der Waals surface area contributed by atoms with E-state index in [1.807, 2.05) is 0 Å². The van der Waals surface area contributed by atoms with Crippen molar-refractivity contribution in [2.45, 2.75) is 19.3 Å². The normalized spacial score (nSPS) is 19.1. The largest absolute Gasteiger partial charge is 0.384 e. The monoisotopic (exact) mass is 299 g/mol. The van der Waals surface area contributed by atoms with Crippen LogP contribution in [0.2, 0.25) is 0 Å². The van der Waals surface area contributed by atoms with Crippen LogP contribution in [-0.4, -0.2) is 39.8 Å². The van der Waals surface area contributed by atoms with E-state index in [1.54, 1.807) is 0 Å². The van der Waals surface area contributed by atoms with Crippen molar-refractivity contribution in [2.24, 2.45) is 5.41 Å². The lowest BCUT2D eigenvalue weighted by Gasteiger charge is -2.14. The number of hydrogen-bond donors (Lipinski definition) is 1. The minimum Gasteiger partial charge on any atom is -0.384 e. The summed E-state index contributed by atoms with van der Waals surface area (Å²) in [6.07, 6.45) is 3.30. The number of halogens is 1. The molecule has 90 valence electrons. The topological polar surface area (TPSA) is 55.4 Å². The lowest BCUT2D eigenvalue weighted by atomic mass is 10.1. The molecule has 1 saturated carbocycles.